The second-order valence-corrected chi connectivity index (χ2v) is 6.38. The van der Waals surface area contributed by atoms with Crippen LogP contribution in [0.4, 0.5) is 13.2 Å². The minimum Gasteiger partial charge on any atom is -0.346 e. The summed E-state index contributed by atoms with van der Waals surface area (Å²) in [6, 6.07) is 7.51. The zero-order valence-corrected chi connectivity index (χ0v) is 14.9. The molecule has 2 heterocycles. The van der Waals surface area contributed by atoms with Crippen LogP contribution in [0, 0.1) is 0 Å². The number of aromatic nitrogens is 1. The predicted octanol–water partition coefficient (Wildman–Crippen LogP) is 3.10. The van der Waals surface area contributed by atoms with Gasteiger partial charge in [0.15, 0.2) is 0 Å². The van der Waals surface area contributed by atoms with Gasteiger partial charge in [0.05, 0.1) is 17.8 Å². The van der Waals surface area contributed by atoms with Crippen molar-refractivity contribution in [3.63, 3.8) is 0 Å². The topological polar surface area (TPSA) is 62.3 Å². The molecular weight excluding hydrogens is 371 g/mol. The van der Waals surface area contributed by atoms with Gasteiger partial charge < -0.3 is 10.2 Å². The van der Waals surface area contributed by atoms with Gasteiger partial charge in [-0.05, 0) is 41.8 Å². The average molecular weight is 389 g/mol. The van der Waals surface area contributed by atoms with Gasteiger partial charge in [0, 0.05) is 24.8 Å². The number of benzene rings is 1. The van der Waals surface area contributed by atoms with Gasteiger partial charge in [0.1, 0.15) is 0 Å². The maximum absolute atomic E-state index is 12.6. The van der Waals surface area contributed by atoms with Crippen molar-refractivity contribution in [1.82, 2.24) is 15.2 Å². The number of pyridine rings is 1. The Labute approximate surface area is 159 Å². The first kappa shape index (κ1) is 19.6. The standard InChI is InChI=1S/C20H18F3N3O2/c1-2-18(27)26-9-8-13-4-3-5-16(17(13)12-26)19(28)25-11-15-7-6-14(10-24-15)20(21,22)23/h2-7,10H,1,8-9,11-12H2,(H,25,28). The van der Waals surface area contributed by atoms with E-state index in [4.69, 9.17) is 0 Å². The number of nitrogens with zero attached hydrogens (tertiary/aromatic N) is 2. The number of nitrogens with one attached hydrogen (secondary N) is 1. The summed E-state index contributed by atoms with van der Waals surface area (Å²) in [6.45, 7) is 4.34. The molecule has 0 aliphatic carbocycles. The van der Waals surface area contributed by atoms with Crippen LogP contribution in [0.2, 0.25) is 0 Å². The van der Waals surface area contributed by atoms with E-state index in [2.05, 4.69) is 16.9 Å². The maximum atomic E-state index is 12.6. The Morgan fingerprint density at radius 2 is 2.04 bits per heavy atom. The van der Waals surface area contributed by atoms with Crippen LogP contribution in [-0.4, -0.2) is 28.2 Å². The Morgan fingerprint density at radius 3 is 2.68 bits per heavy atom. The highest BCUT2D eigenvalue weighted by molar-refractivity contribution is 5.96. The van der Waals surface area contributed by atoms with Crippen LogP contribution in [0.1, 0.15) is 32.7 Å². The minimum atomic E-state index is -4.45. The van der Waals surface area contributed by atoms with Crippen molar-refractivity contribution < 1.29 is 22.8 Å². The number of carbonyl (C=O) groups is 2. The first-order valence-electron chi connectivity index (χ1n) is 8.62. The number of hydrogen-bond donors (Lipinski definition) is 1. The Kier molecular flexibility index (Phi) is 5.48. The predicted molar refractivity (Wildman–Crippen MR) is 96.2 cm³/mol. The molecule has 1 aromatic carbocycles. The number of carbonyl (C=O) groups excluding carboxylic acids is 2. The molecule has 0 saturated heterocycles. The molecule has 3 rings (SSSR count). The van der Waals surface area contributed by atoms with Gasteiger partial charge in [-0.1, -0.05) is 18.7 Å². The van der Waals surface area contributed by atoms with Crippen molar-refractivity contribution in [2.45, 2.75) is 25.7 Å². The monoisotopic (exact) mass is 389 g/mol. The highest BCUT2D eigenvalue weighted by Crippen LogP contribution is 2.28. The molecule has 0 bridgehead atoms. The van der Waals surface area contributed by atoms with Gasteiger partial charge >= 0.3 is 6.18 Å². The number of rotatable bonds is 4. The zero-order valence-electron chi connectivity index (χ0n) is 14.9. The van der Waals surface area contributed by atoms with Crippen LogP contribution in [0.3, 0.4) is 0 Å². The Hall–Kier alpha value is -3.16. The molecular formula is C20H18F3N3O2. The molecule has 28 heavy (non-hydrogen) atoms. The maximum Gasteiger partial charge on any atom is 0.417 e. The van der Waals surface area contributed by atoms with Gasteiger partial charge in [-0.15, -0.1) is 0 Å². The number of halogens is 3. The van der Waals surface area contributed by atoms with Crippen LogP contribution in [0.5, 0.6) is 0 Å². The Morgan fingerprint density at radius 1 is 1.25 bits per heavy atom. The molecule has 0 unspecified atom stereocenters. The highest BCUT2D eigenvalue weighted by Gasteiger charge is 2.30. The molecule has 0 spiro atoms. The molecule has 0 radical (unpaired) electrons. The van der Waals surface area contributed by atoms with Crippen molar-refractivity contribution in [3.05, 3.63) is 77.1 Å². The molecule has 2 aromatic rings. The van der Waals surface area contributed by atoms with Gasteiger partial charge in [-0.2, -0.15) is 13.2 Å². The number of amides is 2. The van der Waals surface area contributed by atoms with E-state index in [-0.39, 0.29) is 18.4 Å². The van der Waals surface area contributed by atoms with Crippen molar-refractivity contribution in [3.8, 4) is 0 Å². The van der Waals surface area contributed by atoms with Crippen molar-refractivity contribution in [1.29, 1.82) is 0 Å². The van der Waals surface area contributed by atoms with E-state index in [9.17, 15) is 22.8 Å². The number of hydrogen-bond acceptors (Lipinski definition) is 3. The van der Waals surface area contributed by atoms with Gasteiger partial charge in [-0.25, -0.2) is 0 Å². The van der Waals surface area contributed by atoms with Gasteiger partial charge in [0.2, 0.25) is 5.91 Å². The fraction of sp³-hybridized carbons (Fsp3) is 0.250. The quantitative estimate of drug-likeness (QED) is 0.818. The van der Waals surface area contributed by atoms with Crippen LogP contribution in [-0.2, 0) is 30.5 Å². The molecule has 5 nitrogen and oxygen atoms in total. The van der Waals surface area contributed by atoms with Crippen molar-refractivity contribution in [2.24, 2.45) is 0 Å². The lowest BCUT2D eigenvalue weighted by Gasteiger charge is -2.29. The molecule has 1 N–H and O–H groups in total. The SMILES string of the molecule is C=CC(=O)N1CCc2cccc(C(=O)NCc3ccc(C(F)(F)F)cn3)c2C1. The van der Waals surface area contributed by atoms with Crippen LogP contribution < -0.4 is 5.32 Å². The second kappa shape index (κ2) is 7.84. The lowest BCUT2D eigenvalue weighted by Crippen LogP contribution is -2.36. The summed E-state index contributed by atoms with van der Waals surface area (Å²) >= 11 is 0. The van der Waals surface area contributed by atoms with E-state index in [0.29, 0.717) is 30.8 Å². The summed E-state index contributed by atoms with van der Waals surface area (Å²) in [5, 5.41) is 2.68. The molecule has 0 saturated carbocycles. The minimum absolute atomic E-state index is 0.00403. The van der Waals surface area contributed by atoms with Crippen LogP contribution in [0.25, 0.3) is 0 Å². The first-order valence-corrected chi connectivity index (χ1v) is 8.62. The Balaban J connectivity index is 1.72. The summed E-state index contributed by atoms with van der Waals surface area (Å²) in [6.07, 6.45) is -1.84. The molecule has 8 heteroatoms. The highest BCUT2D eigenvalue weighted by atomic mass is 19.4. The molecule has 2 amide bonds. The fourth-order valence-electron chi connectivity index (χ4n) is 3.07. The van der Waals surface area contributed by atoms with E-state index in [1.807, 2.05) is 6.07 Å². The third-order valence-corrected chi connectivity index (χ3v) is 4.59. The molecule has 146 valence electrons. The molecule has 0 fully saturated rings. The van der Waals surface area contributed by atoms with E-state index >= 15 is 0 Å². The summed E-state index contributed by atoms with van der Waals surface area (Å²) in [5.74, 6) is -0.568. The van der Waals surface area contributed by atoms with Crippen molar-refractivity contribution in [2.75, 3.05) is 6.54 Å². The third kappa shape index (κ3) is 4.21. The number of fused-ring (bicyclic) bond motifs is 1. The summed E-state index contributed by atoms with van der Waals surface area (Å²) in [4.78, 5) is 29.9. The molecule has 1 aromatic heterocycles. The number of alkyl halides is 3. The van der Waals surface area contributed by atoms with Crippen LogP contribution in [0.15, 0.2) is 49.2 Å². The normalized spacial score (nSPS) is 13.6. The summed E-state index contributed by atoms with van der Waals surface area (Å²) in [5.41, 5.74) is 1.67. The van der Waals surface area contributed by atoms with Crippen molar-refractivity contribution >= 4 is 11.8 Å². The smallest absolute Gasteiger partial charge is 0.346 e. The van der Waals surface area contributed by atoms with E-state index in [1.54, 1.807) is 17.0 Å². The fourth-order valence-corrected chi connectivity index (χ4v) is 3.07. The second-order valence-electron chi connectivity index (χ2n) is 6.38. The Bertz CT molecular complexity index is 908. The van der Waals surface area contributed by atoms with E-state index < -0.39 is 11.7 Å². The third-order valence-electron chi connectivity index (χ3n) is 4.59. The molecule has 0 atom stereocenters. The first-order chi connectivity index (χ1) is 13.3. The van der Waals surface area contributed by atoms with Gasteiger partial charge in [0.25, 0.3) is 5.91 Å². The average Bonchev–Trinajstić information content (AvgIpc) is 2.70. The molecule has 1 aliphatic heterocycles. The van der Waals surface area contributed by atoms with E-state index in [0.717, 1.165) is 23.4 Å². The lowest BCUT2D eigenvalue weighted by atomic mass is 9.94. The largest absolute Gasteiger partial charge is 0.417 e. The van der Waals surface area contributed by atoms with E-state index in [1.165, 1.54) is 12.1 Å². The summed E-state index contributed by atoms with van der Waals surface area (Å²) in [7, 11) is 0. The van der Waals surface area contributed by atoms with Gasteiger partial charge in [-0.3, -0.25) is 14.6 Å². The summed E-state index contributed by atoms with van der Waals surface area (Å²) < 4.78 is 37.8. The van der Waals surface area contributed by atoms with Crippen LogP contribution >= 0.6 is 0 Å². The zero-order chi connectivity index (χ0) is 20.3. The molecule has 1 aliphatic rings. The lowest BCUT2D eigenvalue weighted by molar-refractivity contribution is -0.137.